The van der Waals surface area contributed by atoms with Crippen molar-refractivity contribution in [3.05, 3.63) is 63.6 Å². The number of halogens is 2. The number of hydrogen-bond acceptors (Lipinski definition) is 4. The van der Waals surface area contributed by atoms with E-state index < -0.39 is 18.0 Å². The Kier molecular flexibility index (Phi) is 6.17. The summed E-state index contributed by atoms with van der Waals surface area (Å²) in [7, 11) is 0. The molecule has 0 aliphatic carbocycles. The number of ether oxygens (including phenoxy) is 1. The zero-order valence-electron chi connectivity index (χ0n) is 13.5. The summed E-state index contributed by atoms with van der Waals surface area (Å²) >= 11 is 11.8. The molecule has 0 aromatic heterocycles. The lowest BCUT2D eigenvalue weighted by molar-refractivity contribution is -0.123. The number of ketones is 1. The first-order chi connectivity index (χ1) is 11.8. The van der Waals surface area contributed by atoms with Crippen LogP contribution in [0.1, 0.15) is 34.6 Å². The SMILES string of the molecule is CC(=O)c1ccc(NC(=O)C(C)OC(=O)c2cccc(Cl)c2Cl)cc1. The second-order valence-corrected chi connectivity index (χ2v) is 6.06. The molecular formula is C18H15Cl2NO4. The number of carbonyl (C=O) groups excluding carboxylic acids is 3. The molecule has 0 saturated carbocycles. The zero-order chi connectivity index (χ0) is 18.6. The van der Waals surface area contributed by atoms with E-state index in [1.165, 1.54) is 19.9 Å². The lowest BCUT2D eigenvalue weighted by atomic mass is 10.1. The minimum atomic E-state index is -1.05. The number of amides is 1. The van der Waals surface area contributed by atoms with E-state index in [1.54, 1.807) is 36.4 Å². The van der Waals surface area contributed by atoms with E-state index in [0.29, 0.717) is 11.3 Å². The van der Waals surface area contributed by atoms with Crippen LogP contribution in [0.25, 0.3) is 0 Å². The van der Waals surface area contributed by atoms with Crippen molar-refractivity contribution in [2.24, 2.45) is 0 Å². The Morgan fingerprint density at radius 2 is 1.68 bits per heavy atom. The zero-order valence-corrected chi connectivity index (χ0v) is 15.0. The van der Waals surface area contributed by atoms with Crippen molar-refractivity contribution >= 4 is 46.5 Å². The molecule has 2 aromatic carbocycles. The fourth-order valence-electron chi connectivity index (χ4n) is 1.97. The minimum absolute atomic E-state index is 0.0708. The molecule has 0 aliphatic rings. The topological polar surface area (TPSA) is 72.5 Å². The van der Waals surface area contributed by atoms with Gasteiger partial charge < -0.3 is 10.1 Å². The van der Waals surface area contributed by atoms with Gasteiger partial charge in [-0.15, -0.1) is 0 Å². The van der Waals surface area contributed by atoms with E-state index >= 15 is 0 Å². The van der Waals surface area contributed by atoms with Crippen LogP contribution in [0.3, 0.4) is 0 Å². The molecule has 0 fully saturated rings. The third-order valence-corrected chi connectivity index (χ3v) is 4.20. The van der Waals surface area contributed by atoms with Crippen LogP contribution in [-0.2, 0) is 9.53 Å². The van der Waals surface area contributed by atoms with Gasteiger partial charge in [0.05, 0.1) is 15.6 Å². The largest absolute Gasteiger partial charge is 0.449 e. The lowest BCUT2D eigenvalue weighted by Crippen LogP contribution is -2.30. The molecule has 2 rings (SSSR count). The van der Waals surface area contributed by atoms with Crippen molar-refractivity contribution in [3.63, 3.8) is 0 Å². The molecular weight excluding hydrogens is 365 g/mol. The number of Topliss-reactive ketones (excluding diaryl/α,β-unsaturated/α-hetero) is 1. The van der Waals surface area contributed by atoms with Gasteiger partial charge in [-0.3, -0.25) is 9.59 Å². The number of rotatable bonds is 5. The first-order valence-corrected chi connectivity index (χ1v) is 8.12. The van der Waals surface area contributed by atoms with Gasteiger partial charge in [-0.05, 0) is 50.2 Å². The molecule has 0 bridgehead atoms. The normalized spacial score (nSPS) is 11.5. The summed E-state index contributed by atoms with van der Waals surface area (Å²) < 4.78 is 5.12. The van der Waals surface area contributed by atoms with E-state index in [1.807, 2.05) is 0 Å². The summed E-state index contributed by atoms with van der Waals surface area (Å²) in [6, 6.07) is 10.9. The maximum atomic E-state index is 12.1. The Morgan fingerprint density at radius 3 is 2.28 bits per heavy atom. The van der Waals surface area contributed by atoms with Gasteiger partial charge in [-0.2, -0.15) is 0 Å². The number of benzene rings is 2. The van der Waals surface area contributed by atoms with Crippen molar-refractivity contribution in [1.82, 2.24) is 0 Å². The van der Waals surface area contributed by atoms with Crippen molar-refractivity contribution < 1.29 is 19.1 Å². The molecule has 0 radical (unpaired) electrons. The average Bonchev–Trinajstić information content (AvgIpc) is 2.57. The minimum Gasteiger partial charge on any atom is -0.449 e. The van der Waals surface area contributed by atoms with Gasteiger partial charge in [0, 0.05) is 11.3 Å². The van der Waals surface area contributed by atoms with Crippen LogP contribution in [0.5, 0.6) is 0 Å². The molecule has 130 valence electrons. The first-order valence-electron chi connectivity index (χ1n) is 7.36. The van der Waals surface area contributed by atoms with Crippen molar-refractivity contribution in [2.75, 3.05) is 5.32 Å². The maximum absolute atomic E-state index is 12.1. The molecule has 1 unspecified atom stereocenters. The standard InChI is InChI=1S/C18H15Cl2NO4/c1-10(22)12-6-8-13(9-7-12)21-17(23)11(2)25-18(24)14-4-3-5-15(19)16(14)20/h3-9,11H,1-2H3,(H,21,23). The summed E-state index contributed by atoms with van der Waals surface area (Å²) in [4.78, 5) is 35.5. The number of carbonyl (C=O) groups is 3. The van der Waals surface area contributed by atoms with Gasteiger partial charge >= 0.3 is 5.97 Å². The van der Waals surface area contributed by atoms with E-state index in [0.717, 1.165) is 0 Å². The number of hydrogen-bond donors (Lipinski definition) is 1. The van der Waals surface area contributed by atoms with Crippen LogP contribution in [0, 0.1) is 0 Å². The smallest absolute Gasteiger partial charge is 0.340 e. The summed E-state index contributed by atoms with van der Waals surface area (Å²) in [6.45, 7) is 2.89. The highest BCUT2D eigenvalue weighted by atomic mass is 35.5. The predicted molar refractivity (Wildman–Crippen MR) is 96.4 cm³/mol. The Labute approximate surface area is 154 Å². The van der Waals surface area contributed by atoms with Gasteiger partial charge in [-0.1, -0.05) is 29.3 Å². The van der Waals surface area contributed by atoms with Crippen LogP contribution >= 0.6 is 23.2 Å². The highest BCUT2D eigenvalue weighted by Crippen LogP contribution is 2.26. The fourth-order valence-corrected chi connectivity index (χ4v) is 2.35. The fraction of sp³-hybridized carbons (Fsp3) is 0.167. The molecule has 1 atom stereocenters. The first kappa shape index (κ1) is 19.0. The van der Waals surface area contributed by atoms with Crippen LogP contribution in [0.15, 0.2) is 42.5 Å². The van der Waals surface area contributed by atoms with Crippen molar-refractivity contribution in [1.29, 1.82) is 0 Å². The molecule has 0 saturated heterocycles. The molecule has 7 heteroatoms. The number of anilines is 1. The van der Waals surface area contributed by atoms with Gasteiger partial charge in [-0.25, -0.2) is 4.79 Å². The quantitative estimate of drug-likeness (QED) is 0.617. The Bertz CT molecular complexity index is 818. The van der Waals surface area contributed by atoms with Crippen molar-refractivity contribution in [2.45, 2.75) is 20.0 Å². The van der Waals surface area contributed by atoms with Crippen LogP contribution < -0.4 is 5.32 Å². The molecule has 2 aromatic rings. The molecule has 0 aliphatic heterocycles. The number of nitrogens with one attached hydrogen (secondary N) is 1. The average molecular weight is 380 g/mol. The highest BCUT2D eigenvalue weighted by molar-refractivity contribution is 6.43. The number of esters is 1. The van der Waals surface area contributed by atoms with Crippen molar-refractivity contribution in [3.8, 4) is 0 Å². The third-order valence-electron chi connectivity index (χ3n) is 3.38. The monoisotopic (exact) mass is 379 g/mol. The Hall–Kier alpha value is -2.37. The molecule has 1 N–H and O–H groups in total. The summed E-state index contributed by atoms with van der Waals surface area (Å²) in [5, 5.41) is 2.90. The summed E-state index contributed by atoms with van der Waals surface area (Å²) in [6.07, 6.45) is -1.05. The Morgan fingerprint density at radius 1 is 1.04 bits per heavy atom. The summed E-state index contributed by atoms with van der Waals surface area (Å²) in [5.74, 6) is -1.33. The van der Waals surface area contributed by atoms with Gasteiger partial charge in [0.15, 0.2) is 11.9 Å². The summed E-state index contributed by atoms with van der Waals surface area (Å²) in [5.41, 5.74) is 1.10. The van der Waals surface area contributed by atoms with E-state index in [9.17, 15) is 14.4 Å². The molecule has 25 heavy (non-hydrogen) atoms. The van der Waals surface area contributed by atoms with Gasteiger partial charge in [0.2, 0.25) is 0 Å². The third kappa shape index (κ3) is 4.81. The van der Waals surface area contributed by atoms with Gasteiger partial charge in [0.1, 0.15) is 0 Å². The van der Waals surface area contributed by atoms with E-state index in [-0.39, 0.29) is 21.4 Å². The molecule has 5 nitrogen and oxygen atoms in total. The lowest BCUT2D eigenvalue weighted by Gasteiger charge is -2.14. The molecule has 0 spiro atoms. The highest BCUT2D eigenvalue weighted by Gasteiger charge is 2.21. The maximum Gasteiger partial charge on any atom is 0.340 e. The van der Waals surface area contributed by atoms with E-state index in [2.05, 4.69) is 5.32 Å². The molecule has 0 heterocycles. The van der Waals surface area contributed by atoms with Crippen LogP contribution in [0.4, 0.5) is 5.69 Å². The van der Waals surface area contributed by atoms with Crippen LogP contribution in [0.2, 0.25) is 10.0 Å². The van der Waals surface area contributed by atoms with Gasteiger partial charge in [0.25, 0.3) is 5.91 Å². The predicted octanol–water partition coefficient (Wildman–Crippen LogP) is 4.38. The Balaban J connectivity index is 2.01. The van der Waals surface area contributed by atoms with Crippen LogP contribution in [-0.4, -0.2) is 23.8 Å². The second kappa shape index (κ2) is 8.14. The molecule has 1 amide bonds. The van der Waals surface area contributed by atoms with E-state index in [4.69, 9.17) is 27.9 Å². The second-order valence-electron chi connectivity index (χ2n) is 5.27.